The summed E-state index contributed by atoms with van der Waals surface area (Å²) in [5.41, 5.74) is 1.86. The minimum absolute atomic E-state index is 0.301. The molecule has 0 saturated heterocycles. The standard InChI is InChI=1S/C15H13ClFIN2O/c1-20(2)14-6-3-9(16)7-13(14)19-15(21)11-5-4-10(17)8-12(11)18/h3-8H,1-2H3,(H,19,21). The number of halogens is 3. The number of carbonyl (C=O) groups excluding carboxylic acids is 1. The first-order valence-corrected chi connectivity index (χ1v) is 7.57. The number of benzene rings is 2. The van der Waals surface area contributed by atoms with E-state index in [1.165, 1.54) is 18.2 Å². The monoisotopic (exact) mass is 418 g/mol. The van der Waals surface area contributed by atoms with Gasteiger partial charge in [0.1, 0.15) is 5.82 Å². The van der Waals surface area contributed by atoms with Crippen LogP contribution in [0.3, 0.4) is 0 Å². The zero-order chi connectivity index (χ0) is 15.6. The molecular weight excluding hydrogens is 406 g/mol. The molecule has 0 radical (unpaired) electrons. The number of anilines is 2. The van der Waals surface area contributed by atoms with Crippen LogP contribution >= 0.6 is 34.2 Å². The van der Waals surface area contributed by atoms with Crippen molar-refractivity contribution in [2.75, 3.05) is 24.3 Å². The predicted molar refractivity (Wildman–Crippen MR) is 92.8 cm³/mol. The van der Waals surface area contributed by atoms with Gasteiger partial charge in [0.2, 0.25) is 0 Å². The molecule has 2 aromatic carbocycles. The lowest BCUT2D eigenvalue weighted by atomic mass is 10.2. The van der Waals surface area contributed by atoms with Gasteiger partial charge in [-0.3, -0.25) is 4.79 Å². The van der Waals surface area contributed by atoms with Gasteiger partial charge in [0.15, 0.2) is 0 Å². The van der Waals surface area contributed by atoms with Crippen LogP contribution in [0, 0.1) is 9.39 Å². The van der Waals surface area contributed by atoms with Crippen LogP contribution in [-0.4, -0.2) is 20.0 Å². The molecule has 0 aliphatic carbocycles. The maximum atomic E-state index is 13.1. The van der Waals surface area contributed by atoms with Crippen molar-refractivity contribution >= 4 is 51.5 Å². The molecule has 0 saturated carbocycles. The molecule has 0 spiro atoms. The molecule has 0 aliphatic rings. The number of carbonyl (C=O) groups is 1. The van der Waals surface area contributed by atoms with E-state index in [-0.39, 0.29) is 11.7 Å². The number of amides is 1. The number of rotatable bonds is 3. The Morgan fingerprint density at radius 1 is 1.24 bits per heavy atom. The highest BCUT2D eigenvalue weighted by atomic mass is 127. The molecule has 1 amide bonds. The van der Waals surface area contributed by atoms with E-state index in [1.807, 2.05) is 47.7 Å². The third-order valence-corrected chi connectivity index (χ3v) is 3.99. The van der Waals surface area contributed by atoms with Gasteiger partial charge in [0.05, 0.1) is 16.9 Å². The van der Waals surface area contributed by atoms with Crippen LogP contribution in [-0.2, 0) is 0 Å². The van der Waals surface area contributed by atoms with E-state index in [2.05, 4.69) is 5.32 Å². The van der Waals surface area contributed by atoms with E-state index in [0.717, 1.165) is 5.69 Å². The lowest BCUT2D eigenvalue weighted by Crippen LogP contribution is -2.17. The summed E-state index contributed by atoms with van der Waals surface area (Å²) in [7, 11) is 3.75. The minimum atomic E-state index is -0.368. The maximum Gasteiger partial charge on any atom is 0.256 e. The van der Waals surface area contributed by atoms with Crippen LogP contribution in [0.15, 0.2) is 36.4 Å². The Bertz CT molecular complexity index is 691. The van der Waals surface area contributed by atoms with Gasteiger partial charge in [-0.05, 0) is 59.0 Å². The van der Waals surface area contributed by atoms with Crippen LogP contribution in [0.2, 0.25) is 5.02 Å². The fourth-order valence-electron chi connectivity index (χ4n) is 1.86. The molecule has 110 valence electrons. The first-order valence-electron chi connectivity index (χ1n) is 6.12. The molecule has 3 nitrogen and oxygen atoms in total. The summed E-state index contributed by atoms with van der Waals surface area (Å²) in [5, 5.41) is 3.35. The molecule has 0 aliphatic heterocycles. The Morgan fingerprint density at radius 2 is 1.95 bits per heavy atom. The Labute approximate surface area is 141 Å². The molecule has 0 aromatic heterocycles. The molecule has 6 heteroatoms. The van der Waals surface area contributed by atoms with E-state index in [9.17, 15) is 9.18 Å². The fraction of sp³-hybridized carbons (Fsp3) is 0.133. The molecule has 2 rings (SSSR count). The van der Waals surface area contributed by atoms with Crippen molar-refractivity contribution in [2.45, 2.75) is 0 Å². The van der Waals surface area contributed by atoms with Gasteiger partial charge in [-0.2, -0.15) is 0 Å². The zero-order valence-corrected chi connectivity index (χ0v) is 14.4. The molecule has 0 heterocycles. The van der Waals surface area contributed by atoms with E-state index in [0.29, 0.717) is 19.8 Å². The first kappa shape index (κ1) is 16.0. The van der Waals surface area contributed by atoms with Gasteiger partial charge in [0, 0.05) is 22.7 Å². The average molecular weight is 419 g/mol. The summed E-state index contributed by atoms with van der Waals surface area (Å²) in [6.45, 7) is 0. The smallest absolute Gasteiger partial charge is 0.256 e. The first-order chi connectivity index (χ1) is 9.88. The summed E-state index contributed by atoms with van der Waals surface area (Å²) in [4.78, 5) is 14.2. The van der Waals surface area contributed by atoms with E-state index >= 15 is 0 Å². The second-order valence-corrected chi connectivity index (χ2v) is 6.23. The molecule has 0 fully saturated rings. The number of hydrogen-bond donors (Lipinski definition) is 1. The Kier molecular flexibility index (Phi) is 5.05. The van der Waals surface area contributed by atoms with Crippen molar-refractivity contribution in [3.8, 4) is 0 Å². The average Bonchev–Trinajstić information content (AvgIpc) is 2.37. The SMILES string of the molecule is CN(C)c1ccc(Cl)cc1NC(=O)c1ccc(F)cc1I. The van der Waals surface area contributed by atoms with Crippen LogP contribution in [0.25, 0.3) is 0 Å². The van der Waals surface area contributed by atoms with Gasteiger partial charge in [-0.1, -0.05) is 11.6 Å². The van der Waals surface area contributed by atoms with Crippen LogP contribution < -0.4 is 10.2 Å². The topological polar surface area (TPSA) is 32.3 Å². The molecule has 1 N–H and O–H groups in total. The summed E-state index contributed by atoms with van der Waals surface area (Å²) in [6, 6.07) is 9.32. The van der Waals surface area contributed by atoms with Crippen molar-refractivity contribution < 1.29 is 9.18 Å². The van der Waals surface area contributed by atoms with E-state index in [1.54, 1.807) is 12.1 Å². The van der Waals surface area contributed by atoms with Crippen LogP contribution in [0.5, 0.6) is 0 Å². The Morgan fingerprint density at radius 3 is 2.57 bits per heavy atom. The van der Waals surface area contributed by atoms with Gasteiger partial charge in [-0.15, -0.1) is 0 Å². The van der Waals surface area contributed by atoms with E-state index in [4.69, 9.17) is 11.6 Å². The fourth-order valence-corrected chi connectivity index (χ4v) is 2.76. The van der Waals surface area contributed by atoms with Crippen molar-refractivity contribution in [3.05, 3.63) is 56.4 Å². The number of nitrogens with zero attached hydrogens (tertiary/aromatic N) is 1. The van der Waals surface area contributed by atoms with Crippen LogP contribution in [0.1, 0.15) is 10.4 Å². The number of nitrogens with one attached hydrogen (secondary N) is 1. The van der Waals surface area contributed by atoms with Crippen molar-refractivity contribution in [1.82, 2.24) is 0 Å². The lowest BCUT2D eigenvalue weighted by molar-refractivity contribution is 0.102. The summed E-state index contributed by atoms with van der Waals surface area (Å²) in [5.74, 6) is -0.669. The summed E-state index contributed by atoms with van der Waals surface area (Å²) < 4.78 is 13.7. The quantitative estimate of drug-likeness (QED) is 0.749. The molecular formula is C15H13ClFIN2O. The third kappa shape index (κ3) is 3.85. The minimum Gasteiger partial charge on any atom is -0.376 e. The summed E-state index contributed by atoms with van der Waals surface area (Å²) in [6.07, 6.45) is 0. The van der Waals surface area contributed by atoms with Crippen LogP contribution in [0.4, 0.5) is 15.8 Å². The zero-order valence-electron chi connectivity index (χ0n) is 11.5. The largest absolute Gasteiger partial charge is 0.376 e. The Balaban J connectivity index is 2.33. The molecule has 21 heavy (non-hydrogen) atoms. The normalized spacial score (nSPS) is 10.3. The molecule has 2 aromatic rings. The van der Waals surface area contributed by atoms with E-state index < -0.39 is 0 Å². The van der Waals surface area contributed by atoms with Gasteiger partial charge in [-0.25, -0.2) is 4.39 Å². The van der Waals surface area contributed by atoms with Crippen molar-refractivity contribution in [2.24, 2.45) is 0 Å². The van der Waals surface area contributed by atoms with Gasteiger partial charge < -0.3 is 10.2 Å². The highest BCUT2D eigenvalue weighted by molar-refractivity contribution is 14.1. The second kappa shape index (κ2) is 6.62. The van der Waals surface area contributed by atoms with Crippen molar-refractivity contribution in [1.29, 1.82) is 0 Å². The summed E-state index contributed by atoms with van der Waals surface area (Å²) >= 11 is 7.92. The van der Waals surface area contributed by atoms with Gasteiger partial charge >= 0.3 is 0 Å². The highest BCUT2D eigenvalue weighted by Crippen LogP contribution is 2.28. The Hall–Kier alpha value is -1.34. The third-order valence-electron chi connectivity index (χ3n) is 2.86. The molecule has 0 unspecified atom stereocenters. The highest BCUT2D eigenvalue weighted by Gasteiger charge is 2.14. The maximum absolute atomic E-state index is 13.1. The van der Waals surface area contributed by atoms with Gasteiger partial charge in [0.25, 0.3) is 5.91 Å². The predicted octanol–water partition coefficient (Wildman–Crippen LogP) is 4.40. The lowest BCUT2D eigenvalue weighted by Gasteiger charge is -2.18. The molecule has 0 atom stereocenters. The second-order valence-electron chi connectivity index (χ2n) is 4.63. The number of hydrogen-bond acceptors (Lipinski definition) is 2. The molecule has 0 bridgehead atoms. The van der Waals surface area contributed by atoms with Crippen molar-refractivity contribution in [3.63, 3.8) is 0 Å².